The number of nitrogens with zero attached hydrogens (tertiary/aromatic N) is 10. The SMILES string of the molecule is Cc1cnc(-c2ccc3c(c2)N(c2ccn(C)n2)C(=O)C3(C)C)cn1.Cc1ncc(-c2ccc3c(c2)N(c2ccn(C(C)C)n2)C(=O)C3(C)C)cn1. The summed E-state index contributed by atoms with van der Waals surface area (Å²) >= 11 is 0. The molecule has 0 saturated heterocycles. The summed E-state index contributed by atoms with van der Waals surface area (Å²) < 4.78 is 3.56. The molecule has 0 bridgehead atoms. The van der Waals surface area contributed by atoms with Crippen molar-refractivity contribution in [2.45, 2.75) is 72.3 Å². The zero-order valence-electron chi connectivity index (χ0n) is 30.9. The lowest BCUT2D eigenvalue weighted by Crippen LogP contribution is -2.33. The van der Waals surface area contributed by atoms with Crippen molar-refractivity contribution in [2.24, 2.45) is 7.05 Å². The van der Waals surface area contributed by atoms with Crippen LogP contribution < -0.4 is 9.80 Å². The number of fused-ring (bicyclic) bond motifs is 2. The molecule has 2 aliphatic heterocycles. The minimum absolute atomic E-state index is 0.0216. The maximum Gasteiger partial charge on any atom is 0.242 e. The van der Waals surface area contributed by atoms with E-state index < -0.39 is 10.8 Å². The lowest BCUT2D eigenvalue weighted by molar-refractivity contribution is -0.122. The summed E-state index contributed by atoms with van der Waals surface area (Å²) in [5.74, 6) is 2.07. The van der Waals surface area contributed by atoms with Crippen LogP contribution in [-0.4, -0.2) is 51.3 Å². The summed E-state index contributed by atoms with van der Waals surface area (Å²) in [5, 5.41) is 9.03. The van der Waals surface area contributed by atoms with Gasteiger partial charge in [-0.15, -0.1) is 0 Å². The molecule has 264 valence electrons. The molecule has 2 aliphatic rings. The Labute approximate surface area is 303 Å². The van der Waals surface area contributed by atoms with E-state index in [4.69, 9.17) is 0 Å². The van der Waals surface area contributed by atoms with Gasteiger partial charge in [-0.2, -0.15) is 10.2 Å². The molecule has 12 nitrogen and oxygen atoms in total. The van der Waals surface area contributed by atoms with E-state index in [1.807, 2.05) is 127 Å². The smallest absolute Gasteiger partial charge is 0.242 e. The first-order chi connectivity index (χ1) is 24.7. The third-order valence-electron chi connectivity index (χ3n) is 9.77. The van der Waals surface area contributed by atoms with Crippen LogP contribution in [0.5, 0.6) is 0 Å². The highest BCUT2D eigenvalue weighted by Crippen LogP contribution is 2.47. The van der Waals surface area contributed by atoms with Crippen LogP contribution in [0.1, 0.15) is 70.2 Å². The largest absolute Gasteiger partial charge is 0.274 e. The second-order valence-corrected chi connectivity index (χ2v) is 14.7. The summed E-state index contributed by atoms with van der Waals surface area (Å²) in [6.45, 7) is 15.7. The molecule has 52 heavy (non-hydrogen) atoms. The van der Waals surface area contributed by atoms with Gasteiger partial charge in [0.1, 0.15) is 5.82 Å². The zero-order valence-corrected chi connectivity index (χ0v) is 30.9. The van der Waals surface area contributed by atoms with Crippen molar-refractivity contribution in [1.29, 1.82) is 0 Å². The molecule has 0 atom stereocenters. The Morgan fingerprint density at radius 3 is 1.69 bits per heavy atom. The summed E-state index contributed by atoms with van der Waals surface area (Å²) in [4.78, 5) is 47.0. The van der Waals surface area contributed by atoms with E-state index in [1.54, 1.807) is 26.9 Å². The third-order valence-corrected chi connectivity index (χ3v) is 9.77. The topological polar surface area (TPSA) is 128 Å². The van der Waals surface area contributed by atoms with Crippen LogP contribution in [0.15, 0.2) is 85.7 Å². The molecule has 0 spiro atoms. The van der Waals surface area contributed by atoms with Gasteiger partial charge in [0.15, 0.2) is 11.6 Å². The van der Waals surface area contributed by atoms with E-state index in [1.165, 1.54) is 0 Å². The highest BCUT2D eigenvalue weighted by atomic mass is 16.2. The predicted molar refractivity (Wildman–Crippen MR) is 201 cm³/mol. The van der Waals surface area contributed by atoms with E-state index in [0.29, 0.717) is 11.6 Å². The van der Waals surface area contributed by atoms with Crippen molar-refractivity contribution < 1.29 is 9.59 Å². The van der Waals surface area contributed by atoms with Gasteiger partial charge in [0.2, 0.25) is 11.8 Å². The molecular weight excluding hydrogens is 653 g/mol. The van der Waals surface area contributed by atoms with Crippen molar-refractivity contribution in [3.63, 3.8) is 0 Å². The first-order valence-corrected chi connectivity index (χ1v) is 17.3. The second kappa shape index (κ2) is 12.6. The van der Waals surface area contributed by atoms with Crippen LogP contribution in [0.25, 0.3) is 22.4 Å². The summed E-state index contributed by atoms with van der Waals surface area (Å²) in [7, 11) is 1.84. The molecule has 0 aliphatic carbocycles. The average molecular weight is 695 g/mol. The Bertz CT molecular complexity index is 2320. The molecule has 12 heteroatoms. The highest BCUT2D eigenvalue weighted by molar-refractivity contribution is 6.13. The van der Waals surface area contributed by atoms with Gasteiger partial charge in [0.25, 0.3) is 0 Å². The van der Waals surface area contributed by atoms with E-state index in [0.717, 1.165) is 56.4 Å². The number of amides is 2. The first kappa shape index (κ1) is 34.4. The van der Waals surface area contributed by atoms with Crippen LogP contribution in [0, 0.1) is 13.8 Å². The molecule has 0 N–H and O–H groups in total. The Morgan fingerprint density at radius 1 is 0.615 bits per heavy atom. The number of aryl methyl sites for hydroxylation is 3. The van der Waals surface area contributed by atoms with Gasteiger partial charge in [-0.1, -0.05) is 24.3 Å². The lowest BCUT2D eigenvalue weighted by atomic mass is 9.85. The molecular formula is C40H42N10O2. The number of anilines is 4. The van der Waals surface area contributed by atoms with Gasteiger partial charge in [-0.25, -0.2) is 9.97 Å². The Kier molecular flexibility index (Phi) is 8.35. The maximum atomic E-state index is 13.2. The normalized spacial score (nSPS) is 15.5. The van der Waals surface area contributed by atoms with Crippen LogP contribution in [0.4, 0.5) is 23.0 Å². The van der Waals surface area contributed by atoms with Gasteiger partial charge in [-0.05, 0) is 84.2 Å². The maximum absolute atomic E-state index is 13.2. The number of rotatable bonds is 5. The molecule has 0 radical (unpaired) electrons. The van der Waals surface area contributed by atoms with Gasteiger partial charge >= 0.3 is 0 Å². The quantitative estimate of drug-likeness (QED) is 0.184. The number of benzene rings is 2. The van der Waals surface area contributed by atoms with E-state index in [9.17, 15) is 9.59 Å². The number of carbonyl (C=O) groups excluding carboxylic acids is 2. The van der Waals surface area contributed by atoms with Crippen molar-refractivity contribution in [1.82, 2.24) is 39.5 Å². The molecule has 8 rings (SSSR count). The fraction of sp³-hybridized carbons (Fsp3) is 0.300. The zero-order chi connectivity index (χ0) is 37.1. The number of carbonyl (C=O) groups is 2. The van der Waals surface area contributed by atoms with Crippen molar-refractivity contribution >= 4 is 34.8 Å². The number of aromatic nitrogens is 8. The standard InChI is InChI=1S/C21H23N5O.C19H19N5O/c1-13(2)25-9-8-19(24-25)26-18-10-15(16-11-22-14(3)23-12-16)6-7-17(18)21(4,5)20(26)27;1-12-10-21-15(11-20-12)13-5-6-14-16(9-13)24(18(25)19(14,2)3)17-7-8-23(4)22-17/h6-13H,1-5H3;5-11H,1-4H3. The van der Waals surface area contributed by atoms with E-state index in [-0.39, 0.29) is 17.9 Å². The monoisotopic (exact) mass is 694 g/mol. The Morgan fingerprint density at radius 2 is 1.17 bits per heavy atom. The minimum atomic E-state index is -0.598. The molecule has 0 saturated carbocycles. The van der Waals surface area contributed by atoms with Crippen LogP contribution in [0.3, 0.4) is 0 Å². The fourth-order valence-electron chi connectivity index (χ4n) is 6.63. The van der Waals surface area contributed by atoms with E-state index >= 15 is 0 Å². The van der Waals surface area contributed by atoms with Gasteiger partial charge in [0.05, 0.1) is 39.8 Å². The number of hydrogen-bond donors (Lipinski definition) is 0. The molecule has 6 aromatic rings. The van der Waals surface area contributed by atoms with Gasteiger partial charge in [-0.3, -0.25) is 38.7 Å². The highest BCUT2D eigenvalue weighted by Gasteiger charge is 2.46. The predicted octanol–water partition coefficient (Wildman–Crippen LogP) is 7.33. The lowest BCUT2D eigenvalue weighted by Gasteiger charge is -2.18. The average Bonchev–Trinajstić information content (AvgIpc) is 3.86. The van der Waals surface area contributed by atoms with Gasteiger partial charge < -0.3 is 0 Å². The van der Waals surface area contributed by atoms with E-state index in [2.05, 4.69) is 44.0 Å². The second-order valence-electron chi connectivity index (χ2n) is 14.7. The Balaban J connectivity index is 0.000000162. The van der Waals surface area contributed by atoms with Crippen molar-refractivity contribution in [2.75, 3.05) is 9.80 Å². The molecule has 0 fully saturated rings. The first-order valence-electron chi connectivity index (χ1n) is 17.3. The third kappa shape index (κ3) is 5.83. The van der Waals surface area contributed by atoms with Gasteiger partial charge in [0, 0.05) is 67.3 Å². The van der Waals surface area contributed by atoms with Crippen LogP contribution in [0.2, 0.25) is 0 Å². The molecule has 2 aromatic carbocycles. The number of hydrogen-bond acceptors (Lipinski definition) is 8. The van der Waals surface area contributed by atoms with Crippen LogP contribution in [-0.2, 0) is 27.5 Å². The minimum Gasteiger partial charge on any atom is -0.274 e. The van der Waals surface area contributed by atoms with Crippen LogP contribution >= 0.6 is 0 Å². The molecule has 0 unspecified atom stereocenters. The summed E-state index contributed by atoms with van der Waals surface area (Å²) in [6, 6.07) is 16.1. The fourth-order valence-corrected chi connectivity index (χ4v) is 6.63. The molecule has 4 aromatic heterocycles. The molecule has 6 heterocycles. The van der Waals surface area contributed by atoms with Crippen molar-refractivity contribution in [3.05, 3.63) is 108 Å². The van der Waals surface area contributed by atoms with Crippen molar-refractivity contribution in [3.8, 4) is 22.4 Å². The Hall–Kier alpha value is -6.04. The summed E-state index contributed by atoms with van der Waals surface area (Å²) in [6.07, 6.45) is 10.9. The molecule has 2 amide bonds. The summed E-state index contributed by atoms with van der Waals surface area (Å²) in [5.41, 5.74) is 7.02.